The Labute approximate surface area is 206 Å². The van der Waals surface area contributed by atoms with E-state index in [0.717, 1.165) is 16.7 Å². The third kappa shape index (κ3) is 5.95. The third-order valence-electron chi connectivity index (χ3n) is 5.94. The molecule has 4 aromatic rings. The first-order chi connectivity index (χ1) is 17.0. The molecule has 0 fully saturated rings. The second kappa shape index (κ2) is 11.2. The first kappa shape index (κ1) is 23.8. The number of nitrogens with zero attached hydrogens (tertiary/aromatic N) is 1. The van der Waals surface area contributed by atoms with E-state index >= 15 is 0 Å². The molecule has 0 heterocycles. The van der Waals surface area contributed by atoms with E-state index in [1.54, 1.807) is 30.1 Å². The monoisotopic (exact) mass is 463 g/mol. The lowest BCUT2D eigenvalue weighted by molar-refractivity contribution is -0.136. The molecule has 3 N–H and O–H groups in total. The van der Waals surface area contributed by atoms with Crippen LogP contribution in [0.3, 0.4) is 0 Å². The van der Waals surface area contributed by atoms with Gasteiger partial charge in [-0.2, -0.15) is 0 Å². The van der Waals surface area contributed by atoms with Gasteiger partial charge in [-0.25, -0.2) is 0 Å². The van der Waals surface area contributed by atoms with E-state index in [4.69, 9.17) is 5.73 Å². The van der Waals surface area contributed by atoms with Crippen molar-refractivity contribution in [3.05, 3.63) is 138 Å². The molecule has 4 rings (SSSR count). The zero-order chi connectivity index (χ0) is 24.6. The van der Waals surface area contributed by atoms with Crippen molar-refractivity contribution in [2.75, 3.05) is 12.8 Å². The Kier molecular flexibility index (Phi) is 7.58. The topological polar surface area (TPSA) is 75.4 Å². The van der Waals surface area contributed by atoms with Crippen molar-refractivity contribution < 1.29 is 9.59 Å². The second-order valence-corrected chi connectivity index (χ2v) is 8.55. The van der Waals surface area contributed by atoms with Gasteiger partial charge in [-0.1, -0.05) is 103 Å². The molecule has 0 aliphatic rings. The Morgan fingerprint density at radius 2 is 1.26 bits per heavy atom. The minimum Gasteiger partial charge on any atom is -0.399 e. The zero-order valence-corrected chi connectivity index (χ0v) is 19.7. The van der Waals surface area contributed by atoms with Crippen molar-refractivity contribution in [1.82, 2.24) is 10.2 Å². The highest BCUT2D eigenvalue weighted by Crippen LogP contribution is 2.27. The van der Waals surface area contributed by atoms with Gasteiger partial charge in [-0.05, 0) is 34.4 Å². The number of hydrogen-bond donors (Lipinski definition) is 2. The van der Waals surface area contributed by atoms with Crippen LogP contribution in [0, 0.1) is 0 Å². The van der Waals surface area contributed by atoms with Crippen molar-refractivity contribution in [2.45, 2.75) is 18.5 Å². The summed E-state index contributed by atoms with van der Waals surface area (Å²) in [6.07, 6.45) is 0. The maximum atomic E-state index is 13.8. The largest absolute Gasteiger partial charge is 0.399 e. The molecule has 2 amide bonds. The summed E-state index contributed by atoms with van der Waals surface area (Å²) in [6, 6.07) is 35.2. The lowest BCUT2D eigenvalue weighted by atomic mass is 9.90. The van der Waals surface area contributed by atoms with Gasteiger partial charge in [-0.3, -0.25) is 9.59 Å². The van der Waals surface area contributed by atoms with E-state index in [2.05, 4.69) is 5.32 Å². The van der Waals surface area contributed by atoms with E-state index in [0.29, 0.717) is 17.8 Å². The number of hydrogen-bond acceptors (Lipinski definition) is 3. The summed E-state index contributed by atoms with van der Waals surface area (Å²) >= 11 is 0. The van der Waals surface area contributed by atoms with Crippen LogP contribution in [-0.4, -0.2) is 23.8 Å². The van der Waals surface area contributed by atoms with E-state index in [1.807, 2.05) is 97.1 Å². The minimum absolute atomic E-state index is 0.215. The average Bonchev–Trinajstić information content (AvgIpc) is 2.89. The molecule has 0 spiro atoms. The first-order valence-electron chi connectivity index (χ1n) is 11.6. The summed E-state index contributed by atoms with van der Waals surface area (Å²) in [5, 5.41) is 3.04. The Morgan fingerprint density at radius 3 is 1.80 bits per heavy atom. The molecular weight excluding hydrogens is 434 g/mol. The molecule has 0 aromatic heterocycles. The fraction of sp³-hybridized carbons (Fsp3) is 0.133. The van der Waals surface area contributed by atoms with Crippen LogP contribution in [0.15, 0.2) is 115 Å². The predicted molar refractivity (Wildman–Crippen MR) is 139 cm³/mol. The average molecular weight is 464 g/mol. The quantitative estimate of drug-likeness (QED) is 0.364. The van der Waals surface area contributed by atoms with Crippen LogP contribution in [0.25, 0.3) is 0 Å². The third-order valence-corrected chi connectivity index (χ3v) is 5.94. The van der Waals surface area contributed by atoms with Crippen LogP contribution in [0.5, 0.6) is 0 Å². The highest BCUT2D eigenvalue weighted by Gasteiger charge is 2.30. The van der Waals surface area contributed by atoms with E-state index < -0.39 is 12.0 Å². The summed E-state index contributed by atoms with van der Waals surface area (Å²) in [6.45, 7) is 0.426. The van der Waals surface area contributed by atoms with Gasteiger partial charge in [-0.15, -0.1) is 0 Å². The molecule has 0 aliphatic heterocycles. The summed E-state index contributed by atoms with van der Waals surface area (Å²) in [4.78, 5) is 29.1. The van der Waals surface area contributed by atoms with E-state index in [9.17, 15) is 9.59 Å². The molecule has 0 aliphatic carbocycles. The number of anilines is 1. The summed E-state index contributed by atoms with van der Waals surface area (Å²) in [5.74, 6) is -1.03. The number of rotatable bonds is 8. The van der Waals surface area contributed by atoms with Gasteiger partial charge in [0.15, 0.2) is 0 Å². The van der Waals surface area contributed by atoms with Crippen LogP contribution in [0.1, 0.15) is 34.2 Å². The van der Waals surface area contributed by atoms with Gasteiger partial charge in [0.05, 0.1) is 5.92 Å². The van der Waals surface area contributed by atoms with Crippen molar-refractivity contribution in [2.24, 2.45) is 0 Å². The van der Waals surface area contributed by atoms with Crippen molar-refractivity contribution in [1.29, 1.82) is 0 Å². The maximum Gasteiger partial charge on any atom is 0.249 e. The van der Waals surface area contributed by atoms with Crippen LogP contribution in [0.4, 0.5) is 5.69 Å². The SMILES string of the molecule is CN(Cc1ccccc1)C(=O)C(NC(=O)C(c1ccccc1)c1ccccc1)c1cccc(N)c1. The molecule has 35 heavy (non-hydrogen) atoms. The molecule has 0 saturated heterocycles. The molecule has 1 unspecified atom stereocenters. The van der Waals surface area contributed by atoms with E-state index in [1.165, 1.54) is 0 Å². The Morgan fingerprint density at radius 1 is 0.743 bits per heavy atom. The van der Waals surface area contributed by atoms with E-state index in [-0.39, 0.29) is 11.8 Å². The molecule has 176 valence electrons. The molecule has 1 atom stereocenters. The van der Waals surface area contributed by atoms with Crippen LogP contribution in [-0.2, 0) is 16.1 Å². The fourth-order valence-corrected chi connectivity index (χ4v) is 4.19. The van der Waals surface area contributed by atoms with Gasteiger partial charge in [0.2, 0.25) is 11.8 Å². The number of nitrogen functional groups attached to an aromatic ring is 1. The maximum absolute atomic E-state index is 13.8. The number of amides is 2. The Hall–Kier alpha value is -4.38. The Balaban J connectivity index is 1.66. The van der Waals surface area contributed by atoms with Crippen molar-refractivity contribution >= 4 is 17.5 Å². The minimum atomic E-state index is -0.880. The molecule has 0 saturated carbocycles. The number of likely N-dealkylation sites (N-methyl/N-ethyl adjacent to an activating group) is 1. The Bertz CT molecular complexity index is 1220. The molecule has 5 heteroatoms. The van der Waals surface area contributed by atoms with Gasteiger partial charge in [0.25, 0.3) is 0 Å². The molecule has 0 bridgehead atoms. The summed E-state index contributed by atoms with van der Waals surface area (Å²) in [7, 11) is 1.74. The highest BCUT2D eigenvalue weighted by molar-refractivity contribution is 5.93. The molecule has 0 radical (unpaired) electrons. The van der Waals surface area contributed by atoms with Crippen LogP contribution in [0.2, 0.25) is 0 Å². The van der Waals surface area contributed by atoms with Crippen molar-refractivity contribution in [3.8, 4) is 0 Å². The van der Waals surface area contributed by atoms with Gasteiger partial charge < -0.3 is 16.0 Å². The molecule has 5 nitrogen and oxygen atoms in total. The number of benzene rings is 4. The number of carbonyl (C=O) groups is 2. The number of nitrogens with two attached hydrogens (primary N) is 1. The van der Waals surface area contributed by atoms with Crippen molar-refractivity contribution in [3.63, 3.8) is 0 Å². The molecule has 4 aromatic carbocycles. The summed E-state index contributed by atoms with van der Waals surface area (Å²) in [5.41, 5.74) is 9.92. The van der Waals surface area contributed by atoms with Gasteiger partial charge in [0, 0.05) is 19.3 Å². The van der Waals surface area contributed by atoms with Gasteiger partial charge in [0.1, 0.15) is 6.04 Å². The predicted octanol–water partition coefficient (Wildman–Crippen LogP) is 4.92. The molecular formula is C30H29N3O2. The van der Waals surface area contributed by atoms with Crippen LogP contribution >= 0.6 is 0 Å². The zero-order valence-electron chi connectivity index (χ0n) is 19.7. The highest BCUT2D eigenvalue weighted by atomic mass is 16.2. The first-order valence-corrected chi connectivity index (χ1v) is 11.6. The summed E-state index contributed by atoms with van der Waals surface area (Å²) < 4.78 is 0. The number of nitrogens with one attached hydrogen (secondary N) is 1. The normalized spacial score (nSPS) is 11.6. The fourth-order valence-electron chi connectivity index (χ4n) is 4.19. The smallest absolute Gasteiger partial charge is 0.249 e. The lowest BCUT2D eigenvalue weighted by Crippen LogP contribution is -2.43. The van der Waals surface area contributed by atoms with Crippen LogP contribution < -0.4 is 11.1 Å². The number of carbonyl (C=O) groups excluding carboxylic acids is 2. The lowest BCUT2D eigenvalue weighted by Gasteiger charge is -2.27. The second-order valence-electron chi connectivity index (χ2n) is 8.55. The van der Waals surface area contributed by atoms with Gasteiger partial charge >= 0.3 is 0 Å². The standard InChI is InChI=1S/C30H29N3O2/c1-33(21-22-12-5-2-6-13-22)30(35)28(25-18-11-19-26(31)20-25)32-29(34)27(23-14-7-3-8-15-23)24-16-9-4-10-17-24/h2-20,27-28H,21,31H2,1H3,(H,32,34).